The fourth-order valence-electron chi connectivity index (χ4n) is 9.10. The van der Waals surface area contributed by atoms with Gasteiger partial charge in [0, 0.05) is 18.7 Å². The summed E-state index contributed by atoms with van der Waals surface area (Å²) in [5.74, 6) is 5.85. The third-order valence-corrected chi connectivity index (χ3v) is 11.1. The lowest BCUT2D eigenvalue weighted by Crippen LogP contribution is -2.51. The Bertz CT molecular complexity index is 750. The molecule has 0 spiro atoms. The number of hydrogen-bond acceptors (Lipinski definition) is 3. The van der Waals surface area contributed by atoms with Crippen LogP contribution in [0.5, 0.6) is 0 Å². The Hall–Kier alpha value is -0.640. The number of thiol groups is 1. The van der Waals surface area contributed by atoms with E-state index in [-0.39, 0.29) is 12.2 Å². The van der Waals surface area contributed by atoms with Crippen molar-refractivity contribution in [3.63, 3.8) is 0 Å². The second-order valence-corrected chi connectivity index (χ2v) is 13.7. The molecule has 0 aromatic carbocycles. The van der Waals surface area contributed by atoms with E-state index in [1.54, 1.807) is 5.57 Å². The van der Waals surface area contributed by atoms with Crippen LogP contribution in [0.3, 0.4) is 0 Å². The van der Waals surface area contributed by atoms with Crippen LogP contribution in [0.25, 0.3) is 0 Å². The summed E-state index contributed by atoms with van der Waals surface area (Å²) in [5, 5.41) is 2.81. The maximum Gasteiger partial charge on any atom is 0.407 e. The molecule has 34 heavy (non-hydrogen) atoms. The Morgan fingerprint density at radius 2 is 1.91 bits per heavy atom. The van der Waals surface area contributed by atoms with Crippen molar-refractivity contribution in [3.05, 3.63) is 11.6 Å². The maximum atomic E-state index is 12.1. The topological polar surface area (TPSA) is 38.3 Å². The van der Waals surface area contributed by atoms with Gasteiger partial charge in [0.25, 0.3) is 0 Å². The smallest absolute Gasteiger partial charge is 0.407 e. The van der Waals surface area contributed by atoms with Gasteiger partial charge in [0.1, 0.15) is 6.10 Å². The first-order valence-corrected chi connectivity index (χ1v) is 15.1. The normalized spacial score (nSPS) is 40.1. The summed E-state index contributed by atoms with van der Waals surface area (Å²) >= 11 is 4.17. The van der Waals surface area contributed by atoms with Gasteiger partial charge < -0.3 is 10.1 Å². The first-order chi connectivity index (χ1) is 16.2. The Morgan fingerprint density at radius 3 is 2.65 bits per heavy atom. The van der Waals surface area contributed by atoms with Crippen molar-refractivity contribution in [2.24, 2.45) is 46.3 Å². The fourth-order valence-corrected chi connectivity index (χ4v) is 9.22. The molecule has 4 aliphatic rings. The first kappa shape index (κ1) is 26.4. The van der Waals surface area contributed by atoms with Crippen LogP contribution in [0.4, 0.5) is 4.79 Å². The number of hydrogen-bond donors (Lipinski definition) is 2. The molecule has 1 amide bonds. The number of ether oxygens (including phenoxy) is 1. The Labute approximate surface area is 215 Å². The second-order valence-electron chi connectivity index (χ2n) is 13.2. The largest absolute Gasteiger partial charge is 0.446 e. The van der Waals surface area contributed by atoms with Crippen LogP contribution in [0.1, 0.15) is 105 Å². The van der Waals surface area contributed by atoms with Gasteiger partial charge in [-0.25, -0.2) is 4.79 Å². The summed E-state index contributed by atoms with van der Waals surface area (Å²) in [6, 6.07) is 0. The van der Waals surface area contributed by atoms with Crippen molar-refractivity contribution in [1.82, 2.24) is 5.32 Å². The molecule has 0 radical (unpaired) electrons. The van der Waals surface area contributed by atoms with Crippen LogP contribution >= 0.6 is 12.6 Å². The molecule has 3 saturated carbocycles. The van der Waals surface area contributed by atoms with Crippen molar-refractivity contribution in [2.75, 3.05) is 12.3 Å². The van der Waals surface area contributed by atoms with E-state index in [2.05, 4.69) is 58.6 Å². The molecular formula is C30H51NO2S. The standard InChI is InChI=1S/C30H51NO2S/c1-20(2)7-6-8-21(3)25-11-12-26-24-10-9-22-19-23(33-28(32)31-17-18-34)13-15-29(22,4)27(24)14-16-30(25,26)5/h9,20-21,23-27,34H,6-8,10-19H2,1-5H3,(H,31,32)/t21-,23?,24?,25-,26?,27?,29+,30-/m1/s1. The van der Waals surface area contributed by atoms with Gasteiger partial charge >= 0.3 is 6.09 Å². The minimum absolute atomic E-state index is 0.0344. The molecule has 0 aromatic heterocycles. The zero-order valence-electron chi connectivity index (χ0n) is 22.6. The molecule has 0 aromatic rings. The number of carbonyl (C=O) groups excluding carboxylic acids is 1. The van der Waals surface area contributed by atoms with E-state index in [9.17, 15) is 4.79 Å². The molecule has 0 aliphatic heterocycles. The van der Waals surface area contributed by atoms with Crippen LogP contribution in [-0.2, 0) is 4.74 Å². The van der Waals surface area contributed by atoms with Gasteiger partial charge in [-0.15, -0.1) is 0 Å². The average Bonchev–Trinajstić information content (AvgIpc) is 3.15. The van der Waals surface area contributed by atoms with Gasteiger partial charge in [-0.1, -0.05) is 65.5 Å². The fraction of sp³-hybridized carbons (Fsp3) is 0.900. The molecule has 0 saturated heterocycles. The van der Waals surface area contributed by atoms with E-state index in [1.165, 1.54) is 57.8 Å². The monoisotopic (exact) mass is 489 g/mol. The predicted molar refractivity (Wildman–Crippen MR) is 145 cm³/mol. The van der Waals surface area contributed by atoms with E-state index >= 15 is 0 Å². The third-order valence-electron chi connectivity index (χ3n) is 10.9. The van der Waals surface area contributed by atoms with E-state index in [0.717, 1.165) is 48.3 Å². The molecule has 4 unspecified atom stereocenters. The summed E-state index contributed by atoms with van der Waals surface area (Å²) in [5.41, 5.74) is 2.45. The maximum absolute atomic E-state index is 12.1. The van der Waals surface area contributed by atoms with E-state index in [1.807, 2.05) is 0 Å². The van der Waals surface area contributed by atoms with Crippen LogP contribution in [0.2, 0.25) is 0 Å². The van der Waals surface area contributed by atoms with Crippen LogP contribution in [0, 0.1) is 46.3 Å². The summed E-state index contributed by atoms with van der Waals surface area (Å²) in [6.07, 6.45) is 16.7. The molecule has 0 bridgehead atoms. The highest BCUT2D eigenvalue weighted by Crippen LogP contribution is 2.67. The van der Waals surface area contributed by atoms with Crippen molar-refractivity contribution in [3.8, 4) is 0 Å². The summed E-state index contributed by atoms with van der Waals surface area (Å²) in [4.78, 5) is 12.1. The summed E-state index contributed by atoms with van der Waals surface area (Å²) in [7, 11) is 0. The van der Waals surface area contributed by atoms with Gasteiger partial charge in [-0.3, -0.25) is 0 Å². The predicted octanol–water partition coefficient (Wildman–Crippen LogP) is 8.05. The molecule has 3 nitrogen and oxygen atoms in total. The molecule has 8 atom stereocenters. The number of allylic oxidation sites excluding steroid dienone is 1. The lowest BCUT2D eigenvalue weighted by molar-refractivity contribution is -0.0581. The first-order valence-electron chi connectivity index (χ1n) is 14.4. The average molecular weight is 490 g/mol. The molecule has 0 heterocycles. The third kappa shape index (κ3) is 5.09. The number of nitrogens with one attached hydrogen (secondary N) is 1. The van der Waals surface area contributed by atoms with Crippen molar-refractivity contribution in [2.45, 2.75) is 111 Å². The minimum atomic E-state index is -0.273. The number of amides is 1. The SMILES string of the molecule is CC(C)CCC[C@@H](C)[C@H]1CCC2C3CC=C4CC(OC(=O)NCCS)CC[C@]4(C)C3CC[C@@]21C. The van der Waals surface area contributed by atoms with Crippen molar-refractivity contribution >= 4 is 18.7 Å². The van der Waals surface area contributed by atoms with E-state index in [0.29, 0.717) is 23.1 Å². The quantitative estimate of drug-likeness (QED) is 0.267. The lowest BCUT2D eigenvalue weighted by Gasteiger charge is -2.58. The lowest BCUT2D eigenvalue weighted by atomic mass is 9.47. The second kappa shape index (κ2) is 10.8. The van der Waals surface area contributed by atoms with Gasteiger partial charge in [-0.05, 0) is 91.3 Å². The zero-order valence-corrected chi connectivity index (χ0v) is 23.5. The molecule has 194 valence electrons. The Morgan fingerprint density at radius 1 is 1.12 bits per heavy atom. The number of carbonyl (C=O) groups is 1. The summed E-state index contributed by atoms with van der Waals surface area (Å²) in [6.45, 7) is 13.1. The molecular weight excluding hydrogens is 438 g/mol. The molecule has 4 heteroatoms. The molecule has 3 fully saturated rings. The minimum Gasteiger partial charge on any atom is -0.446 e. The van der Waals surface area contributed by atoms with Gasteiger partial charge in [0.2, 0.25) is 0 Å². The molecule has 4 rings (SSSR count). The molecule has 1 N–H and O–H groups in total. The van der Waals surface area contributed by atoms with Crippen molar-refractivity contribution < 1.29 is 9.53 Å². The van der Waals surface area contributed by atoms with E-state index in [4.69, 9.17) is 4.74 Å². The Kier molecular flexibility index (Phi) is 8.37. The Balaban J connectivity index is 1.41. The number of fused-ring (bicyclic) bond motifs is 5. The van der Waals surface area contributed by atoms with Crippen molar-refractivity contribution in [1.29, 1.82) is 0 Å². The highest BCUT2D eigenvalue weighted by Gasteiger charge is 2.59. The highest BCUT2D eigenvalue weighted by atomic mass is 32.1. The highest BCUT2D eigenvalue weighted by molar-refractivity contribution is 7.80. The molecule has 4 aliphatic carbocycles. The van der Waals surface area contributed by atoms with Gasteiger partial charge in [-0.2, -0.15) is 12.6 Å². The summed E-state index contributed by atoms with van der Waals surface area (Å²) < 4.78 is 5.77. The zero-order chi connectivity index (χ0) is 24.5. The van der Waals surface area contributed by atoms with Crippen LogP contribution in [-0.4, -0.2) is 24.5 Å². The number of rotatable bonds is 8. The van der Waals surface area contributed by atoms with Crippen LogP contribution < -0.4 is 5.32 Å². The van der Waals surface area contributed by atoms with E-state index < -0.39 is 0 Å². The van der Waals surface area contributed by atoms with Gasteiger partial charge in [0.05, 0.1) is 0 Å². The van der Waals surface area contributed by atoms with Crippen LogP contribution in [0.15, 0.2) is 11.6 Å². The van der Waals surface area contributed by atoms with Gasteiger partial charge in [0.15, 0.2) is 0 Å². The number of alkyl carbamates (subject to hydrolysis) is 1.